The fourth-order valence-corrected chi connectivity index (χ4v) is 3.94. The maximum absolute atomic E-state index is 12.7. The number of nitrogens with zero attached hydrogens (tertiary/aromatic N) is 2. The summed E-state index contributed by atoms with van der Waals surface area (Å²) in [6.45, 7) is 6.40. The Morgan fingerprint density at radius 3 is 2.54 bits per heavy atom. The van der Waals surface area contributed by atoms with Gasteiger partial charge in [-0.3, -0.25) is 4.79 Å². The van der Waals surface area contributed by atoms with Crippen molar-refractivity contribution in [2.75, 3.05) is 44.3 Å². The number of piperazine rings is 1. The smallest absolute Gasteiger partial charge is 0.223 e. The Morgan fingerprint density at radius 2 is 1.75 bits per heavy atom. The van der Waals surface area contributed by atoms with Crippen LogP contribution in [0.15, 0.2) is 36.4 Å². The van der Waals surface area contributed by atoms with Gasteiger partial charge in [-0.05, 0) is 48.7 Å². The second kappa shape index (κ2) is 8.31. The SMILES string of the molecule is Cc1ccc(Cl)cc1N1CCN(C(=O)CCc2ccc3c(c2)OCCO3)CC1. The van der Waals surface area contributed by atoms with Crippen molar-refractivity contribution in [3.8, 4) is 11.5 Å². The molecule has 0 radical (unpaired) electrons. The molecule has 2 heterocycles. The molecule has 0 saturated carbocycles. The van der Waals surface area contributed by atoms with Crippen LogP contribution in [-0.4, -0.2) is 50.2 Å². The molecule has 4 rings (SSSR count). The third-order valence-corrected chi connectivity index (χ3v) is 5.61. The lowest BCUT2D eigenvalue weighted by atomic mass is 10.1. The molecule has 0 N–H and O–H groups in total. The molecule has 2 aliphatic heterocycles. The van der Waals surface area contributed by atoms with Crippen molar-refractivity contribution < 1.29 is 14.3 Å². The van der Waals surface area contributed by atoms with Crippen LogP contribution in [0, 0.1) is 6.92 Å². The minimum Gasteiger partial charge on any atom is -0.486 e. The Balaban J connectivity index is 1.30. The Kier molecular flexibility index (Phi) is 5.62. The first-order valence-corrected chi connectivity index (χ1v) is 10.2. The first kappa shape index (κ1) is 18.9. The van der Waals surface area contributed by atoms with E-state index in [4.69, 9.17) is 21.1 Å². The molecule has 0 spiro atoms. The molecule has 0 bridgehead atoms. The molecular weight excluding hydrogens is 376 g/mol. The van der Waals surface area contributed by atoms with Gasteiger partial charge in [0.2, 0.25) is 5.91 Å². The average molecular weight is 401 g/mol. The van der Waals surface area contributed by atoms with Gasteiger partial charge in [0, 0.05) is 43.3 Å². The van der Waals surface area contributed by atoms with Crippen molar-refractivity contribution in [3.63, 3.8) is 0 Å². The van der Waals surface area contributed by atoms with Crippen LogP contribution in [0.25, 0.3) is 0 Å². The highest BCUT2D eigenvalue weighted by Gasteiger charge is 2.22. The van der Waals surface area contributed by atoms with E-state index < -0.39 is 0 Å². The number of amides is 1. The summed E-state index contributed by atoms with van der Waals surface area (Å²) in [5.74, 6) is 1.77. The van der Waals surface area contributed by atoms with E-state index in [2.05, 4.69) is 11.8 Å². The summed E-state index contributed by atoms with van der Waals surface area (Å²) in [6, 6.07) is 11.9. The van der Waals surface area contributed by atoms with Gasteiger partial charge >= 0.3 is 0 Å². The maximum atomic E-state index is 12.7. The number of halogens is 1. The zero-order valence-corrected chi connectivity index (χ0v) is 16.9. The predicted molar refractivity (Wildman–Crippen MR) is 111 cm³/mol. The molecule has 1 saturated heterocycles. The third kappa shape index (κ3) is 4.20. The fourth-order valence-electron chi connectivity index (χ4n) is 3.77. The number of ether oxygens (including phenoxy) is 2. The van der Waals surface area contributed by atoms with Gasteiger partial charge in [-0.15, -0.1) is 0 Å². The molecule has 0 atom stereocenters. The number of aryl methyl sites for hydroxylation is 2. The molecule has 28 heavy (non-hydrogen) atoms. The van der Waals surface area contributed by atoms with Crippen LogP contribution in [0.5, 0.6) is 11.5 Å². The quantitative estimate of drug-likeness (QED) is 0.784. The normalized spacial score (nSPS) is 16.2. The number of hydrogen-bond acceptors (Lipinski definition) is 4. The first-order chi connectivity index (χ1) is 13.6. The monoisotopic (exact) mass is 400 g/mol. The number of rotatable bonds is 4. The van der Waals surface area contributed by atoms with Gasteiger partial charge in [0.15, 0.2) is 11.5 Å². The zero-order valence-electron chi connectivity index (χ0n) is 16.1. The standard InChI is InChI=1S/C22H25ClN2O3/c1-16-2-5-18(23)15-19(16)24-8-10-25(11-9-24)22(26)7-4-17-3-6-20-21(14-17)28-13-12-27-20/h2-3,5-6,14-15H,4,7-13H2,1H3. The van der Waals surface area contributed by atoms with Crippen LogP contribution in [0.1, 0.15) is 17.5 Å². The molecule has 5 nitrogen and oxygen atoms in total. The van der Waals surface area contributed by atoms with Crippen molar-refractivity contribution in [1.82, 2.24) is 4.90 Å². The lowest BCUT2D eigenvalue weighted by Crippen LogP contribution is -2.49. The first-order valence-electron chi connectivity index (χ1n) is 9.77. The second-order valence-corrected chi connectivity index (χ2v) is 7.71. The summed E-state index contributed by atoms with van der Waals surface area (Å²) in [5, 5.41) is 0.749. The molecule has 1 amide bonds. The van der Waals surface area contributed by atoms with Gasteiger partial charge in [-0.1, -0.05) is 23.7 Å². The van der Waals surface area contributed by atoms with E-state index in [-0.39, 0.29) is 5.91 Å². The van der Waals surface area contributed by atoms with E-state index in [0.29, 0.717) is 26.1 Å². The van der Waals surface area contributed by atoms with Gasteiger partial charge < -0.3 is 19.3 Å². The van der Waals surface area contributed by atoms with Crippen LogP contribution in [0.4, 0.5) is 5.69 Å². The molecule has 0 unspecified atom stereocenters. The minimum absolute atomic E-state index is 0.206. The fraction of sp³-hybridized carbons (Fsp3) is 0.409. The lowest BCUT2D eigenvalue weighted by molar-refractivity contribution is -0.131. The van der Waals surface area contributed by atoms with Gasteiger partial charge in [0.25, 0.3) is 0 Å². The second-order valence-electron chi connectivity index (χ2n) is 7.28. The maximum Gasteiger partial charge on any atom is 0.223 e. The summed E-state index contributed by atoms with van der Waals surface area (Å²) in [5.41, 5.74) is 3.48. The van der Waals surface area contributed by atoms with E-state index >= 15 is 0 Å². The van der Waals surface area contributed by atoms with Crippen molar-refractivity contribution in [3.05, 3.63) is 52.5 Å². The Hall–Kier alpha value is -2.40. The van der Waals surface area contributed by atoms with Gasteiger partial charge in [0.05, 0.1) is 0 Å². The predicted octanol–water partition coefficient (Wildman–Crippen LogP) is 3.70. The molecule has 2 aromatic carbocycles. The number of fused-ring (bicyclic) bond motifs is 1. The van der Waals surface area contributed by atoms with Crippen molar-refractivity contribution >= 4 is 23.2 Å². The van der Waals surface area contributed by atoms with Crippen molar-refractivity contribution in [1.29, 1.82) is 0 Å². The Bertz CT molecular complexity index is 863. The zero-order chi connectivity index (χ0) is 19.5. The highest BCUT2D eigenvalue weighted by molar-refractivity contribution is 6.30. The van der Waals surface area contributed by atoms with Gasteiger partial charge in [0.1, 0.15) is 13.2 Å². The van der Waals surface area contributed by atoms with E-state index in [1.807, 2.05) is 41.3 Å². The van der Waals surface area contributed by atoms with Crippen LogP contribution >= 0.6 is 11.6 Å². The van der Waals surface area contributed by atoms with Crippen molar-refractivity contribution in [2.45, 2.75) is 19.8 Å². The topological polar surface area (TPSA) is 42.0 Å². The number of carbonyl (C=O) groups excluding carboxylic acids is 1. The van der Waals surface area contributed by atoms with E-state index in [0.717, 1.165) is 54.0 Å². The molecular formula is C22H25ClN2O3. The molecule has 6 heteroatoms. The summed E-state index contributed by atoms with van der Waals surface area (Å²) in [6.07, 6.45) is 1.22. The molecule has 2 aromatic rings. The summed E-state index contributed by atoms with van der Waals surface area (Å²) in [4.78, 5) is 16.9. The van der Waals surface area contributed by atoms with Gasteiger partial charge in [-0.25, -0.2) is 0 Å². The van der Waals surface area contributed by atoms with Crippen LogP contribution < -0.4 is 14.4 Å². The number of hydrogen-bond donors (Lipinski definition) is 0. The highest BCUT2D eigenvalue weighted by Crippen LogP contribution is 2.31. The van der Waals surface area contributed by atoms with Crippen LogP contribution in [0.3, 0.4) is 0 Å². The Morgan fingerprint density at radius 1 is 1.00 bits per heavy atom. The van der Waals surface area contributed by atoms with Crippen LogP contribution in [-0.2, 0) is 11.2 Å². The number of benzene rings is 2. The number of carbonyl (C=O) groups is 1. The molecule has 2 aliphatic rings. The molecule has 0 aliphatic carbocycles. The van der Waals surface area contributed by atoms with E-state index in [1.54, 1.807) is 0 Å². The summed E-state index contributed by atoms with van der Waals surface area (Å²) in [7, 11) is 0. The largest absolute Gasteiger partial charge is 0.486 e. The third-order valence-electron chi connectivity index (χ3n) is 5.38. The van der Waals surface area contributed by atoms with E-state index in [1.165, 1.54) is 5.56 Å². The minimum atomic E-state index is 0.206. The van der Waals surface area contributed by atoms with Crippen LogP contribution in [0.2, 0.25) is 5.02 Å². The summed E-state index contributed by atoms with van der Waals surface area (Å²) >= 11 is 6.15. The number of anilines is 1. The molecule has 1 fully saturated rings. The molecule has 148 valence electrons. The molecule has 0 aromatic heterocycles. The van der Waals surface area contributed by atoms with Crippen molar-refractivity contribution in [2.24, 2.45) is 0 Å². The lowest BCUT2D eigenvalue weighted by Gasteiger charge is -2.37. The van der Waals surface area contributed by atoms with E-state index in [9.17, 15) is 4.79 Å². The highest BCUT2D eigenvalue weighted by atomic mass is 35.5. The summed E-state index contributed by atoms with van der Waals surface area (Å²) < 4.78 is 11.2. The Labute approximate surface area is 170 Å². The average Bonchev–Trinajstić information content (AvgIpc) is 2.73. The van der Waals surface area contributed by atoms with Gasteiger partial charge in [-0.2, -0.15) is 0 Å².